The minimum absolute atomic E-state index is 0. The first-order valence-electron chi connectivity index (χ1n) is 43.0. The fourth-order valence-electron chi connectivity index (χ4n) is 14.9. The molecule has 14 aromatic carbocycles. The monoisotopic (exact) mass is 2110 g/mol. The number of hydrogen-bond donors (Lipinski definition) is 13. The fraction of sp³-hybridized carbons (Fsp3) is 0.218. The third kappa shape index (κ3) is 35.1. The number of non-ortho nitro benzene ring substituents is 1. The van der Waals surface area contributed by atoms with Gasteiger partial charge in [0.25, 0.3) is 10.8 Å². The average molecular weight is 2120 g/mol. The minimum Gasteiger partial charge on any atom is -1.00 e. The van der Waals surface area contributed by atoms with Gasteiger partial charge in [-0.25, -0.2) is 27.5 Å². The number of halogens is 5. The van der Waals surface area contributed by atoms with E-state index < -0.39 is 24.2 Å². The molecule has 27 nitrogen and oxygen atoms in total. The molecule has 22 rings (SSSR count). The third-order valence-electron chi connectivity index (χ3n) is 21.9. The molecular formula is C101H109Br2Cl2FMgN17NaO10S3. The zero-order valence-electron chi connectivity index (χ0n) is 75.8. The third-order valence-corrected chi connectivity index (χ3v) is 23.1. The zero-order valence-corrected chi connectivity index (χ0v) is 85.5. The van der Waals surface area contributed by atoms with E-state index in [1.54, 1.807) is 16.2 Å². The molecule has 7 aliphatic carbocycles. The number of aliphatic carboxylic acids is 2. The second kappa shape index (κ2) is 59.0. The summed E-state index contributed by atoms with van der Waals surface area (Å²) < 4.78 is 19.0. The number of anilines is 3. The summed E-state index contributed by atoms with van der Waals surface area (Å²) in [7, 11) is -1.00. The number of alkyl halides is 1. The van der Waals surface area contributed by atoms with Gasteiger partial charge in [-0.1, -0.05) is 248 Å². The Balaban J connectivity index is 0.000000326. The number of nitro benzene ring substituents is 1. The van der Waals surface area contributed by atoms with Crippen molar-refractivity contribution >= 4 is 239 Å². The van der Waals surface area contributed by atoms with Crippen molar-refractivity contribution in [1.82, 2.24) is 20.2 Å². The van der Waals surface area contributed by atoms with Gasteiger partial charge in [-0.3, -0.25) is 24.5 Å². The molecule has 15 aromatic rings. The van der Waals surface area contributed by atoms with E-state index in [2.05, 4.69) is 276 Å². The van der Waals surface area contributed by atoms with Crippen LogP contribution in [0, 0.1) is 31.4 Å². The number of nitrogens with zero attached hydrogens (tertiary/aromatic N) is 7. The number of fused-ring (bicyclic) bond motifs is 7. The van der Waals surface area contributed by atoms with Gasteiger partial charge in [0.2, 0.25) is 22.6 Å². The Morgan fingerprint density at radius 2 is 0.870 bits per heavy atom. The Bertz CT molecular complexity index is 6690. The Labute approximate surface area is 886 Å². The Hall–Kier alpha value is -11.6. The number of carbonyl (C=O) groups is 2. The van der Waals surface area contributed by atoms with Gasteiger partial charge in [-0.15, -0.1) is 50.2 Å². The number of guanidine groups is 2. The van der Waals surface area contributed by atoms with Crippen molar-refractivity contribution in [3.63, 3.8) is 0 Å². The Morgan fingerprint density at radius 1 is 0.536 bits per heavy atom. The van der Waals surface area contributed by atoms with Crippen molar-refractivity contribution in [2.45, 2.75) is 133 Å². The Kier molecular flexibility index (Phi) is 50.0. The maximum Gasteiger partial charge on any atom is 2.00 e. The Morgan fingerprint density at radius 3 is 1.28 bits per heavy atom. The van der Waals surface area contributed by atoms with Crippen molar-refractivity contribution in [3.8, 4) is 5.69 Å². The molecule has 7 fully saturated rings. The molecule has 0 radical (unpaired) electrons. The van der Waals surface area contributed by atoms with Gasteiger partial charge >= 0.3 is 64.5 Å². The molecule has 138 heavy (non-hydrogen) atoms. The first-order valence-corrected chi connectivity index (χ1v) is 44.4. The quantitative estimate of drug-likeness (QED) is 0.00546. The van der Waals surface area contributed by atoms with Crippen LogP contribution in [0.4, 0.5) is 33.1 Å². The SMILES string of the molecule is Brc1cccc2ccccc12.C.Cl.Cl.NC(N)=NNC(=S)Nc1ccc(C2CC2)c2ccccc12.NN=C(N)N.Nc1ccc(C2CC2)c2ccccc12.Nc1n[nH]c(=S)n1-c1ccc(C2CC2)c2ccccc12.O=C(O)C(=O)O.O=[N+]([O-])O.O=[N+]([O-])c1ccc(C2CC2)c2ccccc12.S=C=Nc1ccc(C2CC2)c2ccccc12.[2H]CF.[Br-].[CH-]1CC1.[Mg+2].[Na+].[OH-].c1ccc2c(C3CC3)cccc2c1. The molecule has 21 N–H and O–H groups in total. The predicted octanol–water partition coefficient (Wildman–Crippen LogP) is 17.9. The van der Waals surface area contributed by atoms with Crippen LogP contribution < -0.4 is 97.5 Å². The van der Waals surface area contributed by atoms with Gasteiger partial charge in [0.05, 0.1) is 35.4 Å². The van der Waals surface area contributed by atoms with Crippen LogP contribution in [0.1, 0.15) is 168 Å². The summed E-state index contributed by atoms with van der Waals surface area (Å²) in [5, 5.41) is 75.7. The van der Waals surface area contributed by atoms with Crippen LogP contribution in [0.25, 0.3) is 81.1 Å². The van der Waals surface area contributed by atoms with E-state index in [-0.39, 0.29) is 130 Å². The van der Waals surface area contributed by atoms with E-state index >= 15 is 0 Å². The molecule has 1 aromatic heterocycles. The second-order valence-electron chi connectivity index (χ2n) is 31.4. The molecule has 0 bridgehead atoms. The van der Waals surface area contributed by atoms with Gasteiger partial charge in [0.15, 0.2) is 5.11 Å². The van der Waals surface area contributed by atoms with E-state index in [1.165, 1.54) is 177 Å². The van der Waals surface area contributed by atoms with Crippen LogP contribution in [0.2, 0.25) is 0 Å². The summed E-state index contributed by atoms with van der Waals surface area (Å²) in [6.07, 6.45) is 20.6. The number of carboxylic acid groups (broad SMARTS) is 2. The number of nitrogens with one attached hydrogen (secondary N) is 3. The van der Waals surface area contributed by atoms with Crippen LogP contribution >= 0.6 is 77.4 Å². The summed E-state index contributed by atoms with van der Waals surface area (Å²) in [5.41, 5.74) is 47.0. The molecule has 0 unspecified atom stereocenters. The predicted molar refractivity (Wildman–Crippen MR) is 568 cm³/mol. The minimum atomic E-state index is -1.82. The number of thiocarbonyl (C=S) groups is 2. The van der Waals surface area contributed by atoms with E-state index in [4.69, 9.17) is 95.3 Å². The van der Waals surface area contributed by atoms with Crippen LogP contribution in [0.15, 0.2) is 287 Å². The number of nitro groups is 1. The normalized spacial score (nSPS) is 13.1. The maximum absolute atomic E-state index is 10.9. The molecule has 1 heterocycles. The van der Waals surface area contributed by atoms with Crippen LogP contribution in [-0.4, -0.2) is 110 Å². The maximum atomic E-state index is 10.9. The molecule has 0 aliphatic heterocycles. The smallest absolute Gasteiger partial charge is 1.00 e. The van der Waals surface area contributed by atoms with Gasteiger partial charge in [0, 0.05) is 43.5 Å². The van der Waals surface area contributed by atoms with Crippen LogP contribution in [0.5, 0.6) is 0 Å². The molecule has 0 saturated heterocycles. The number of nitrogen functional groups attached to an aromatic ring is 2. The number of aromatic nitrogens is 3. The van der Waals surface area contributed by atoms with Crippen molar-refractivity contribution < 1.29 is 92.8 Å². The molecule has 7 aliphatic rings. The van der Waals surface area contributed by atoms with Crippen molar-refractivity contribution in [2.24, 2.45) is 44.0 Å². The topological polar surface area (TPSA) is 488 Å². The molecular weight excluding hydrogens is 2000 g/mol. The van der Waals surface area contributed by atoms with Gasteiger partial charge < -0.3 is 89.9 Å². The number of H-pyrrole nitrogens is 1. The van der Waals surface area contributed by atoms with Crippen molar-refractivity contribution in [1.29, 1.82) is 0 Å². The first-order chi connectivity index (χ1) is 63.8. The number of isothiocyanates is 1. The first kappa shape index (κ1) is 117. The summed E-state index contributed by atoms with van der Waals surface area (Å²) in [6.45, 7) is 0. The molecule has 0 amide bonds. The van der Waals surface area contributed by atoms with E-state index in [1.807, 2.05) is 66.7 Å². The van der Waals surface area contributed by atoms with Crippen LogP contribution in [0.3, 0.4) is 0 Å². The number of benzene rings is 14. The number of aromatic amines is 1. The second-order valence-corrected chi connectivity index (χ2v) is 33.3. The largest absolute Gasteiger partial charge is 2.00 e. The average Bonchev–Trinajstić information content (AvgIpc) is 1.52. The molecule has 714 valence electrons. The summed E-state index contributed by atoms with van der Waals surface area (Å²) in [6, 6.07) is 91.6. The zero-order chi connectivity index (χ0) is 94.3. The summed E-state index contributed by atoms with van der Waals surface area (Å²) >= 11 is 18.6. The number of rotatable bonds is 11. The van der Waals surface area contributed by atoms with Crippen molar-refractivity contribution in [3.05, 3.63) is 336 Å². The molecule has 7 saturated carbocycles. The number of carboxylic acids is 2. The standard InChI is InChI=1S/C15H17N5S.C15H14N4S.C14H11NS.C13H11NO2.C13H13N.C13H12.C10H7Br.C3H5.C2H2O4.CH3F.CH6N4.CH4.BrH.2ClH.Mg.HNO3.Na.H2O/c16-14(17)19-20-15(21)18-13-8-7-10(9-5-6-9)11-3-1-2-4-12(11)13;16-14-17-18-15(20)19(14)13-8-7-10(9-5-6-9)11-3-1-2-4-12(11)13;16-9-15-14-8-7-11(10-5-6-10)12-3-1-2-4-13(12)14;15-14(16)13-8-7-10(9-5-6-9)11-3-1-2-4-12(11)13;14-13-8-7-10(9-5-6-9)11-3-1-2-4-12(11)13;1-2-6-12-10(4-1)5-3-7-13(12)11-8-9-11;11-10-7-3-5-8-4-1-2-6-9(8)10;1-2-3-1;3-1(4)2(5)6;1-2;2-1(3)5-4;;;;;;2-1(3)4;;/h1-4,7-9H,5-6H2,(H4,16,17,19)(H2,18,20,21);1-4,7-9H,5-6H2,(H2,16,17)(H,18,20);1-4,7-8,10H,5-6H2;1-4,7-9H,5-6H2;1-4,7-9H,5-6,14H2;1-7,11H,8-9H2;1-7H;1H,2-3H2;(H,3,4)(H,5,6);1H3;4H2,(H4,2,3,5);1H4;3*1H;;(H,2,3,4);;1H2/q;;;;;;;-1;;;;;;;;+2;;+1;/p-2/i;;;;;;;;;1D;;;;;;;;;. The van der Waals surface area contributed by atoms with Gasteiger partial charge in [0.1, 0.15) is 0 Å². The van der Waals surface area contributed by atoms with Crippen LogP contribution in [-0.2, 0) is 9.59 Å². The van der Waals surface area contributed by atoms with E-state index in [0.717, 1.165) is 61.1 Å². The van der Waals surface area contributed by atoms with Gasteiger partial charge in [-0.05, 0) is 267 Å². The summed E-state index contributed by atoms with van der Waals surface area (Å²) in [5.74, 6) is 5.53. The van der Waals surface area contributed by atoms with Crippen molar-refractivity contribution in [2.75, 3.05) is 23.9 Å². The molecule has 0 atom stereocenters. The number of hydrazone groups is 2. The number of nitrogens with two attached hydrogens (primary N) is 7. The van der Waals surface area contributed by atoms with E-state index in [0.29, 0.717) is 33.6 Å². The fourth-order valence-corrected chi connectivity index (χ4v) is 15.9. The van der Waals surface area contributed by atoms with Gasteiger partial charge in [-0.2, -0.15) is 4.99 Å². The molecule has 0 spiro atoms. The number of aliphatic imine (C=N–C) groups is 1. The summed E-state index contributed by atoms with van der Waals surface area (Å²) in [4.78, 5) is 41.3. The van der Waals surface area contributed by atoms with E-state index in [9.17, 15) is 14.5 Å². The molecule has 37 heteroatoms. The number of hydrogen-bond acceptors (Lipinski definition) is 17.